The first-order chi connectivity index (χ1) is 21.6. The van der Waals surface area contributed by atoms with Crippen LogP contribution in [-0.2, 0) is 19.1 Å². The average Bonchev–Trinajstić information content (AvgIpc) is 3.02. The number of hydrogen-bond acceptors (Lipinski definition) is 5. The molecule has 0 rings (SSSR count). The van der Waals surface area contributed by atoms with Gasteiger partial charge < -0.3 is 14.6 Å². The van der Waals surface area contributed by atoms with Gasteiger partial charge >= 0.3 is 11.9 Å². The van der Waals surface area contributed by atoms with Crippen molar-refractivity contribution in [2.24, 2.45) is 0 Å². The van der Waals surface area contributed by atoms with Crippen molar-refractivity contribution in [2.45, 2.75) is 200 Å². The van der Waals surface area contributed by atoms with Gasteiger partial charge in [0, 0.05) is 12.8 Å². The molecule has 0 radical (unpaired) electrons. The van der Waals surface area contributed by atoms with E-state index in [-0.39, 0.29) is 25.2 Å². The van der Waals surface area contributed by atoms with Crippen LogP contribution >= 0.6 is 0 Å². The van der Waals surface area contributed by atoms with E-state index in [1.807, 2.05) is 0 Å². The molecule has 1 N–H and O–H groups in total. The van der Waals surface area contributed by atoms with Gasteiger partial charge in [-0.3, -0.25) is 9.59 Å². The van der Waals surface area contributed by atoms with Crippen LogP contribution in [0.2, 0.25) is 0 Å². The Labute approximate surface area is 273 Å². The normalized spacial score (nSPS) is 12.3. The number of unbranched alkanes of at least 4 members (excludes halogenated alkanes) is 22. The van der Waals surface area contributed by atoms with E-state index in [9.17, 15) is 14.7 Å². The molecule has 5 nitrogen and oxygen atoms in total. The second kappa shape index (κ2) is 35.9. The maximum Gasteiger partial charge on any atom is 0.305 e. The largest absolute Gasteiger partial charge is 0.463 e. The van der Waals surface area contributed by atoms with Crippen molar-refractivity contribution in [3.05, 3.63) is 24.3 Å². The van der Waals surface area contributed by atoms with Crippen LogP contribution < -0.4 is 0 Å². The number of esters is 2. The maximum atomic E-state index is 11.9. The van der Waals surface area contributed by atoms with Gasteiger partial charge in [0.2, 0.25) is 0 Å². The molecule has 0 aliphatic heterocycles. The zero-order valence-electron chi connectivity index (χ0n) is 29.2. The van der Waals surface area contributed by atoms with Crippen molar-refractivity contribution in [1.29, 1.82) is 0 Å². The summed E-state index contributed by atoms with van der Waals surface area (Å²) in [6, 6.07) is 0. The van der Waals surface area contributed by atoms with Crippen molar-refractivity contribution in [2.75, 3.05) is 13.2 Å². The minimum atomic E-state index is -0.962. The van der Waals surface area contributed by atoms with E-state index in [1.165, 1.54) is 122 Å². The monoisotopic (exact) mass is 621 g/mol. The molecule has 0 heterocycles. The van der Waals surface area contributed by atoms with Gasteiger partial charge in [0.15, 0.2) is 0 Å². The van der Waals surface area contributed by atoms with Gasteiger partial charge in [-0.2, -0.15) is 0 Å². The molecular weight excluding hydrogens is 548 g/mol. The van der Waals surface area contributed by atoms with Crippen LogP contribution in [0.5, 0.6) is 0 Å². The molecule has 0 saturated carbocycles. The number of carbonyl (C=O) groups is 2. The molecule has 0 aliphatic carbocycles. The van der Waals surface area contributed by atoms with E-state index in [0.717, 1.165) is 44.9 Å². The van der Waals surface area contributed by atoms with Gasteiger partial charge in [0.05, 0.1) is 0 Å². The highest BCUT2D eigenvalue weighted by Crippen LogP contribution is 2.14. The number of allylic oxidation sites excluding steroid dienone is 4. The molecule has 44 heavy (non-hydrogen) atoms. The molecule has 0 bridgehead atoms. The Morgan fingerprint density at radius 1 is 0.477 bits per heavy atom. The summed E-state index contributed by atoms with van der Waals surface area (Å²) < 4.78 is 10.3. The summed E-state index contributed by atoms with van der Waals surface area (Å²) in [4.78, 5) is 23.9. The van der Waals surface area contributed by atoms with Gasteiger partial charge in [0.1, 0.15) is 19.3 Å². The summed E-state index contributed by atoms with van der Waals surface area (Å²) in [5, 5.41) is 9.99. The highest BCUT2D eigenvalue weighted by molar-refractivity contribution is 5.69. The standard InChI is InChI=1S/C39H72O5/c1-3-5-7-9-11-13-15-17-18-19-20-22-24-26-28-30-32-34-39(42)44-36-37(40)35-43-38(41)33-31-29-27-25-23-21-16-14-12-10-8-6-4-2/h11,13,17-18,37,40H,3-10,12,14-16,19-36H2,1-2H3/b13-11-,18-17-/t37-/m1/s1. The van der Waals surface area contributed by atoms with Crippen LogP contribution in [0.15, 0.2) is 24.3 Å². The summed E-state index contributed by atoms with van der Waals surface area (Å²) in [7, 11) is 0. The number of rotatable bonds is 34. The SMILES string of the molecule is CCCCC/C=C\C/C=C\CCCCCCCCCC(=O)OC[C@H](O)COC(=O)CCCCCCCCCCCCCCC. The number of aliphatic hydroxyl groups is 1. The summed E-state index contributed by atoms with van der Waals surface area (Å²) in [5.74, 6) is -0.569. The van der Waals surface area contributed by atoms with Crippen molar-refractivity contribution in [1.82, 2.24) is 0 Å². The molecule has 0 fully saturated rings. The molecule has 5 heteroatoms. The zero-order valence-corrected chi connectivity index (χ0v) is 29.2. The Hall–Kier alpha value is -1.62. The first-order valence-corrected chi connectivity index (χ1v) is 18.9. The molecule has 258 valence electrons. The topological polar surface area (TPSA) is 72.8 Å². The van der Waals surface area contributed by atoms with Gasteiger partial charge in [-0.15, -0.1) is 0 Å². The van der Waals surface area contributed by atoms with E-state index in [1.54, 1.807) is 0 Å². The number of hydrogen-bond donors (Lipinski definition) is 1. The Kier molecular flexibility index (Phi) is 34.5. The molecule has 1 atom stereocenters. The predicted octanol–water partition coefficient (Wildman–Crippen LogP) is 11.5. The fourth-order valence-electron chi connectivity index (χ4n) is 5.29. The lowest BCUT2D eigenvalue weighted by Gasteiger charge is -2.12. The smallest absolute Gasteiger partial charge is 0.305 e. The number of ether oxygens (including phenoxy) is 2. The first kappa shape index (κ1) is 42.4. The van der Waals surface area contributed by atoms with Gasteiger partial charge in [0.25, 0.3) is 0 Å². The minimum absolute atomic E-state index is 0.115. The van der Waals surface area contributed by atoms with E-state index >= 15 is 0 Å². The number of carbonyl (C=O) groups excluding carboxylic acids is 2. The van der Waals surface area contributed by atoms with Gasteiger partial charge in [-0.25, -0.2) is 0 Å². The predicted molar refractivity (Wildman–Crippen MR) is 187 cm³/mol. The molecule has 0 saturated heterocycles. The second-order valence-corrected chi connectivity index (χ2v) is 12.7. The van der Waals surface area contributed by atoms with Crippen LogP contribution in [0.4, 0.5) is 0 Å². The van der Waals surface area contributed by atoms with Crippen LogP contribution in [0.25, 0.3) is 0 Å². The van der Waals surface area contributed by atoms with E-state index in [0.29, 0.717) is 12.8 Å². The Balaban J connectivity index is 3.43. The Bertz CT molecular complexity index is 671. The zero-order chi connectivity index (χ0) is 32.2. The second-order valence-electron chi connectivity index (χ2n) is 12.7. The molecule has 0 aromatic heterocycles. The van der Waals surface area contributed by atoms with Crippen LogP contribution in [0.1, 0.15) is 194 Å². The Morgan fingerprint density at radius 2 is 0.795 bits per heavy atom. The maximum absolute atomic E-state index is 11.9. The third-order valence-electron chi connectivity index (χ3n) is 8.19. The molecule has 0 amide bonds. The summed E-state index contributed by atoms with van der Waals surface area (Å²) in [5.41, 5.74) is 0. The Morgan fingerprint density at radius 3 is 1.20 bits per heavy atom. The fourth-order valence-corrected chi connectivity index (χ4v) is 5.29. The quantitative estimate of drug-likeness (QED) is 0.0440. The molecule has 0 spiro atoms. The van der Waals surface area contributed by atoms with Crippen molar-refractivity contribution < 1.29 is 24.2 Å². The third-order valence-corrected chi connectivity index (χ3v) is 8.19. The molecular formula is C39H72O5. The molecule has 0 aromatic rings. The lowest BCUT2D eigenvalue weighted by molar-refractivity contribution is -0.152. The highest BCUT2D eigenvalue weighted by atomic mass is 16.6. The summed E-state index contributed by atoms with van der Waals surface area (Å²) >= 11 is 0. The van der Waals surface area contributed by atoms with E-state index < -0.39 is 6.10 Å². The van der Waals surface area contributed by atoms with Gasteiger partial charge in [-0.1, -0.05) is 160 Å². The van der Waals surface area contributed by atoms with E-state index in [2.05, 4.69) is 38.2 Å². The van der Waals surface area contributed by atoms with Crippen molar-refractivity contribution in [3.8, 4) is 0 Å². The lowest BCUT2D eigenvalue weighted by atomic mass is 10.0. The molecule has 0 aliphatic rings. The molecule has 0 unspecified atom stereocenters. The van der Waals surface area contributed by atoms with Crippen LogP contribution in [0.3, 0.4) is 0 Å². The summed E-state index contributed by atoms with van der Waals surface area (Å²) in [6.07, 6.45) is 40.8. The fraction of sp³-hybridized carbons (Fsp3) is 0.846. The molecule has 0 aromatic carbocycles. The minimum Gasteiger partial charge on any atom is -0.463 e. The van der Waals surface area contributed by atoms with Crippen LogP contribution in [0, 0.1) is 0 Å². The van der Waals surface area contributed by atoms with Gasteiger partial charge in [-0.05, 0) is 44.9 Å². The first-order valence-electron chi connectivity index (χ1n) is 18.9. The summed E-state index contributed by atoms with van der Waals surface area (Å²) in [6.45, 7) is 4.27. The van der Waals surface area contributed by atoms with Crippen molar-refractivity contribution in [3.63, 3.8) is 0 Å². The van der Waals surface area contributed by atoms with E-state index in [4.69, 9.17) is 9.47 Å². The lowest BCUT2D eigenvalue weighted by Crippen LogP contribution is -2.25. The van der Waals surface area contributed by atoms with Crippen molar-refractivity contribution >= 4 is 11.9 Å². The van der Waals surface area contributed by atoms with Crippen LogP contribution in [-0.4, -0.2) is 36.4 Å². The average molecular weight is 621 g/mol. The third kappa shape index (κ3) is 34.9. The highest BCUT2D eigenvalue weighted by Gasteiger charge is 2.12. The number of aliphatic hydroxyl groups excluding tert-OH is 1.